The molecule has 0 bridgehead atoms. The van der Waals surface area contributed by atoms with E-state index in [0.717, 1.165) is 24.9 Å². The Kier molecular flexibility index (Phi) is 4.76. The fourth-order valence-corrected chi connectivity index (χ4v) is 2.58. The quantitative estimate of drug-likeness (QED) is 0.892. The van der Waals surface area contributed by atoms with Crippen LogP contribution in [-0.2, 0) is 4.79 Å². The monoisotopic (exact) mass is 278 g/mol. The smallest absolute Gasteiger partial charge is 0.237 e. The van der Waals surface area contributed by atoms with E-state index >= 15 is 0 Å². The first-order valence-electron chi connectivity index (χ1n) is 7.27. The van der Waals surface area contributed by atoms with Gasteiger partial charge in [-0.15, -0.1) is 0 Å². The fraction of sp³-hybridized carbons (Fsp3) is 0.562. The second-order valence-corrected chi connectivity index (χ2v) is 5.88. The number of aryl methyl sites for hydroxylation is 1. The Hall–Kier alpha value is -1.42. The second kappa shape index (κ2) is 6.35. The van der Waals surface area contributed by atoms with Crippen molar-refractivity contribution in [1.82, 2.24) is 10.6 Å². The van der Waals surface area contributed by atoms with Gasteiger partial charge < -0.3 is 10.6 Å². The van der Waals surface area contributed by atoms with Gasteiger partial charge in [0.1, 0.15) is 5.82 Å². The molecule has 0 aliphatic carbocycles. The zero-order valence-corrected chi connectivity index (χ0v) is 12.4. The number of carbonyl (C=O) groups is 1. The predicted molar refractivity (Wildman–Crippen MR) is 77.9 cm³/mol. The van der Waals surface area contributed by atoms with Crippen molar-refractivity contribution in [1.29, 1.82) is 0 Å². The highest BCUT2D eigenvalue weighted by Crippen LogP contribution is 2.18. The molecule has 1 aromatic rings. The van der Waals surface area contributed by atoms with Crippen molar-refractivity contribution in [3.8, 4) is 0 Å². The molecule has 1 aliphatic heterocycles. The van der Waals surface area contributed by atoms with E-state index in [0.29, 0.717) is 11.5 Å². The molecule has 0 aromatic heterocycles. The lowest BCUT2D eigenvalue weighted by Gasteiger charge is -2.28. The largest absolute Gasteiger partial charge is 0.348 e. The number of amides is 1. The Labute approximate surface area is 120 Å². The van der Waals surface area contributed by atoms with E-state index in [1.165, 1.54) is 6.07 Å². The van der Waals surface area contributed by atoms with Crippen molar-refractivity contribution in [2.45, 2.75) is 45.7 Å². The van der Waals surface area contributed by atoms with Crippen LogP contribution in [0.1, 0.15) is 43.9 Å². The Balaban J connectivity index is 1.97. The molecule has 2 N–H and O–H groups in total. The molecule has 1 aliphatic rings. The number of benzene rings is 1. The number of nitrogens with one attached hydrogen (secondary N) is 2. The molecule has 4 heteroatoms. The highest BCUT2D eigenvalue weighted by molar-refractivity contribution is 5.82. The Morgan fingerprint density at radius 1 is 1.50 bits per heavy atom. The van der Waals surface area contributed by atoms with Crippen molar-refractivity contribution in [2.24, 2.45) is 5.92 Å². The molecule has 0 radical (unpaired) electrons. The standard InChI is InChI=1S/C16H23FN2O/c1-10-6-7-18-15(8-10)16(20)19-12(3)13-5-4-11(2)14(17)9-13/h4-5,9-10,12,15,18H,6-8H2,1-3H3,(H,19,20). The lowest BCUT2D eigenvalue weighted by molar-refractivity contribution is -0.124. The summed E-state index contributed by atoms with van der Waals surface area (Å²) >= 11 is 0. The third kappa shape index (κ3) is 3.57. The third-order valence-corrected chi connectivity index (χ3v) is 4.04. The summed E-state index contributed by atoms with van der Waals surface area (Å²) in [6.07, 6.45) is 1.98. The molecule has 110 valence electrons. The molecule has 1 saturated heterocycles. The number of piperidine rings is 1. The van der Waals surface area contributed by atoms with E-state index in [9.17, 15) is 9.18 Å². The molecule has 1 amide bonds. The maximum atomic E-state index is 13.6. The van der Waals surface area contributed by atoms with Gasteiger partial charge in [0.25, 0.3) is 0 Å². The molecule has 1 aromatic carbocycles. The van der Waals surface area contributed by atoms with Gasteiger partial charge in [-0.2, -0.15) is 0 Å². The van der Waals surface area contributed by atoms with E-state index < -0.39 is 0 Å². The Morgan fingerprint density at radius 3 is 2.90 bits per heavy atom. The summed E-state index contributed by atoms with van der Waals surface area (Å²) in [4.78, 5) is 12.2. The minimum atomic E-state index is -0.229. The molecular weight excluding hydrogens is 255 g/mol. The molecule has 0 spiro atoms. The van der Waals surface area contributed by atoms with Gasteiger partial charge in [0, 0.05) is 0 Å². The molecule has 1 fully saturated rings. The van der Waals surface area contributed by atoms with Crippen molar-refractivity contribution >= 4 is 5.91 Å². The molecule has 0 saturated carbocycles. The minimum Gasteiger partial charge on any atom is -0.348 e. The summed E-state index contributed by atoms with van der Waals surface area (Å²) in [6, 6.07) is 4.79. The Bertz CT molecular complexity index is 489. The van der Waals surface area contributed by atoms with Crippen molar-refractivity contribution in [3.05, 3.63) is 35.1 Å². The lowest BCUT2D eigenvalue weighted by atomic mass is 9.93. The zero-order chi connectivity index (χ0) is 14.7. The summed E-state index contributed by atoms with van der Waals surface area (Å²) in [5.41, 5.74) is 1.42. The lowest BCUT2D eigenvalue weighted by Crippen LogP contribution is -2.48. The summed E-state index contributed by atoms with van der Waals surface area (Å²) in [5.74, 6) is 0.345. The maximum Gasteiger partial charge on any atom is 0.237 e. The molecule has 3 nitrogen and oxygen atoms in total. The van der Waals surface area contributed by atoms with Gasteiger partial charge in [-0.1, -0.05) is 19.1 Å². The fourth-order valence-electron chi connectivity index (χ4n) is 2.58. The minimum absolute atomic E-state index is 0.00466. The topological polar surface area (TPSA) is 41.1 Å². The predicted octanol–water partition coefficient (Wildman–Crippen LogP) is 2.70. The van der Waals surface area contributed by atoms with Crippen LogP contribution in [0, 0.1) is 18.7 Å². The SMILES string of the molecule is Cc1ccc(C(C)NC(=O)C2CC(C)CCN2)cc1F. The van der Waals surface area contributed by atoms with Crippen LogP contribution in [0.5, 0.6) is 0 Å². The van der Waals surface area contributed by atoms with Gasteiger partial charge in [0.05, 0.1) is 12.1 Å². The number of rotatable bonds is 3. The van der Waals surface area contributed by atoms with Gasteiger partial charge in [-0.25, -0.2) is 4.39 Å². The molecular formula is C16H23FN2O. The van der Waals surface area contributed by atoms with Crippen LogP contribution in [0.15, 0.2) is 18.2 Å². The summed E-state index contributed by atoms with van der Waals surface area (Å²) in [6.45, 7) is 6.66. The van der Waals surface area contributed by atoms with Gasteiger partial charge in [0.15, 0.2) is 0 Å². The first-order chi connectivity index (χ1) is 9.47. The van der Waals surface area contributed by atoms with Crippen LogP contribution >= 0.6 is 0 Å². The first kappa shape index (κ1) is 15.0. The van der Waals surface area contributed by atoms with Crippen LogP contribution in [0.25, 0.3) is 0 Å². The highest BCUT2D eigenvalue weighted by Gasteiger charge is 2.25. The normalized spacial score (nSPS) is 24.2. The average molecular weight is 278 g/mol. The van der Waals surface area contributed by atoms with E-state index in [4.69, 9.17) is 0 Å². The van der Waals surface area contributed by atoms with Crippen molar-refractivity contribution in [3.63, 3.8) is 0 Å². The van der Waals surface area contributed by atoms with Gasteiger partial charge >= 0.3 is 0 Å². The third-order valence-electron chi connectivity index (χ3n) is 4.04. The van der Waals surface area contributed by atoms with E-state index in [1.54, 1.807) is 13.0 Å². The van der Waals surface area contributed by atoms with Gasteiger partial charge in [0.2, 0.25) is 5.91 Å². The molecule has 3 unspecified atom stereocenters. The maximum absolute atomic E-state index is 13.6. The molecule has 1 heterocycles. The Morgan fingerprint density at radius 2 is 2.25 bits per heavy atom. The summed E-state index contributed by atoms with van der Waals surface area (Å²) in [7, 11) is 0. The van der Waals surface area contributed by atoms with Crippen molar-refractivity contribution in [2.75, 3.05) is 6.54 Å². The number of hydrogen-bond donors (Lipinski definition) is 2. The van der Waals surface area contributed by atoms with Crippen LogP contribution in [0.4, 0.5) is 4.39 Å². The van der Waals surface area contributed by atoms with E-state index in [-0.39, 0.29) is 23.8 Å². The average Bonchev–Trinajstić information content (AvgIpc) is 2.41. The van der Waals surface area contributed by atoms with E-state index in [2.05, 4.69) is 17.6 Å². The van der Waals surface area contributed by atoms with Crippen LogP contribution in [0.3, 0.4) is 0 Å². The van der Waals surface area contributed by atoms with Gasteiger partial charge in [-0.05, 0) is 56.3 Å². The summed E-state index contributed by atoms with van der Waals surface area (Å²) < 4.78 is 13.6. The van der Waals surface area contributed by atoms with Gasteiger partial charge in [-0.3, -0.25) is 4.79 Å². The van der Waals surface area contributed by atoms with E-state index in [1.807, 2.05) is 13.0 Å². The molecule has 20 heavy (non-hydrogen) atoms. The summed E-state index contributed by atoms with van der Waals surface area (Å²) in [5, 5.41) is 6.21. The number of carbonyl (C=O) groups excluding carboxylic acids is 1. The van der Waals surface area contributed by atoms with Crippen LogP contribution in [-0.4, -0.2) is 18.5 Å². The number of halogens is 1. The van der Waals surface area contributed by atoms with Crippen LogP contribution < -0.4 is 10.6 Å². The first-order valence-corrected chi connectivity index (χ1v) is 7.27. The van der Waals surface area contributed by atoms with Crippen molar-refractivity contribution < 1.29 is 9.18 Å². The molecule has 3 atom stereocenters. The zero-order valence-electron chi connectivity index (χ0n) is 12.4. The second-order valence-electron chi connectivity index (χ2n) is 5.88. The number of hydrogen-bond acceptors (Lipinski definition) is 2. The molecule has 2 rings (SSSR count). The highest BCUT2D eigenvalue weighted by atomic mass is 19.1. The van der Waals surface area contributed by atoms with Crippen LogP contribution in [0.2, 0.25) is 0 Å².